The van der Waals surface area contributed by atoms with Gasteiger partial charge in [0.1, 0.15) is 6.33 Å². The first-order chi connectivity index (χ1) is 9.96. The van der Waals surface area contributed by atoms with Crippen molar-refractivity contribution in [1.82, 2.24) is 14.9 Å². The van der Waals surface area contributed by atoms with Gasteiger partial charge in [-0.2, -0.15) is 0 Å². The SMILES string of the molecule is CC(C)(O)CN1CCCC2(CC(c3cncnc3)CO2)C1. The molecule has 1 aromatic rings. The Kier molecular flexibility index (Phi) is 3.99. The molecular formula is C16H25N3O2. The number of likely N-dealkylation sites (tertiary alicyclic amines) is 1. The van der Waals surface area contributed by atoms with Gasteiger partial charge in [-0.05, 0) is 45.2 Å². The fourth-order valence-electron chi connectivity index (χ4n) is 3.74. The molecule has 1 N–H and O–H groups in total. The summed E-state index contributed by atoms with van der Waals surface area (Å²) in [5.74, 6) is 0.397. The third kappa shape index (κ3) is 3.59. The smallest absolute Gasteiger partial charge is 0.115 e. The van der Waals surface area contributed by atoms with Crippen molar-refractivity contribution in [3.05, 3.63) is 24.3 Å². The lowest BCUT2D eigenvalue weighted by atomic mass is 9.84. The van der Waals surface area contributed by atoms with Crippen LogP contribution in [0.4, 0.5) is 0 Å². The molecule has 2 aliphatic heterocycles. The first-order valence-corrected chi connectivity index (χ1v) is 7.79. The number of rotatable bonds is 3. The molecule has 5 heteroatoms. The highest BCUT2D eigenvalue weighted by molar-refractivity contribution is 5.15. The Morgan fingerprint density at radius 3 is 2.90 bits per heavy atom. The summed E-state index contributed by atoms with van der Waals surface area (Å²) in [6, 6.07) is 0. The molecule has 0 radical (unpaired) electrons. The summed E-state index contributed by atoms with van der Waals surface area (Å²) in [7, 11) is 0. The standard InChI is InChI=1S/C16H25N3O2/c1-15(2,20)10-19-5-3-4-16(11-19)6-13(9-21-16)14-7-17-12-18-8-14/h7-8,12-13,20H,3-6,9-11H2,1-2H3. The average molecular weight is 291 g/mol. The minimum Gasteiger partial charge on any atom is -0.389 e. The van der Waals surface area contributed by atoms with Gasteiger partial charge in [0.2, 0.25) is 0 Å². The van der Waals surface area contributed by atoms with Gasteiger partial charge in [-0.15, -0.1) is 0 Å². The van der Waals surface area contributed by atoms with Crippen LogP contribution in [0.1, 0.15) is 44.6 Å². The molecule has 2 unspecified atom stereocenters. The predicted octanol–water partition coefficient (Wildman–Crippen LogP) is 1.59. The van der Waals surface area contributed by atoms with Crippen LogP contribution in [0, 0.1) is 0 Å². The van der Waals surface area contributed by atoms with Gasteiger partial charge in [0.25, 0.3) is 0 Å². The lowest BCUT2D eigenvalue weighted by Crippen LogP contribution is -2.51. The van der Waals surface area contributed by atoms with E-state index in [1.165, 1.54) is 5.56 Å². The van der Waals surface area contributed by atoms with E-state index in [0.717, 1.165) is 39.0 Å². The van der Waals surface area contributed by atoms with E-state index in [1.54, 1.807) is 6.33 Å². The molecule has 0 saturated carbocycles. The monoisotopic (exact) mass is 291 g/mol. The average Bonchev–Trinajstić information content (AvgIpc) is 2.81. The molecule has 0 bridgehead atoms. The van der Waals surface area contributed by atoms with Crippen LogP contribution in [0.2, 0.25) is 0 Å². The van der Waals surface area contributed by atoms with E-state index < -0.39 is 5.60 Å². The Morgan fingerprint density at radius 2 is 2.19 bits per heavy atom. The number of β-amino-alcohol motifs (C(OH)–C–C–N with tert-alkyl or cyclic N) is 1. The van der Waals surface area contributed by atoms with Crippen molar-refractivity contribution in [2.75, 3.05) is 26.2 Å². The minimum absolute atomic E-state index is 0.0516. The lowest BCUT2D eigenvalue weighted by molar-refractivity contribution is -0.0684. The Hall–Kier alpha value is -1.04. The molecule has 0 aliphatic carbocycles. The molecule has 1 spiro atoms. The van der Waals surface area contributed by atoms with Crippen molar-refractivity contribution < 1.29 is 9.84 Å². The van der Waals surface area contributed by atoms with Gasteiger partial charge >= 0.3 is 0 Å². The van der Waals surface area contributed by atoms with Crippen LogP contribution in [0.25, 0.3) is 0 Å². The van der Waals surface area contributed by atoms with Crippen LogP contribution < -0.4 is 0 Å². The molecule has 2 fully saturated rings. The van der Waals surface area contributed by atoms with Crippen molar-refractivity contribution in [1.29, 1.82) is 0 Å². The summed E-state index contributed by atoms with van der Waals surface area (Å²) in [6.45, 7) is 7.16. The highest BCUT2D eigenvalue weighted by Crippen LogP contribution is 2.41. The summed E-state index contributed by atoms with van der Waals surface area (Å²) >= 11 is 0. The van der Waals surface area contributed by atoms with E-state index in [2.05, 4.69) is 14.9 Å². The summed E-state index contributed by atoms with van der Waals surface area (Å²) in [4.78, 5) is 10.6. The topological polar surface area (TPSA) is 58.5 Å². The van der Waals surface area contributed by atoms with E-state index in [9.17, 15) is 5.11 Å². The second-order valence-electron chi connectivity index (χ2n) is 7.19. The Balaban J connectivity index is 1.66. The second kappa shape index (κ2) is 5.63. The van der Waals surface area contributed by atoms with E-state index in [0.29, 0.717) is 12.5 Å². The molecule has 5 nitrogen and oxygen atoms in total. The summed E-state index contributed by atoms with van der Waals surface area (Å²) in [5.41, 5.74) is 0.474. The van der Waals surface area contributed by atoms with E-state index in [-0.39, 0.29) is 5.60 Å². The fraction of sp³-hybridized carbons (Fsp3) is 0.750. The zero-order valence-electron chi connectivity index (χ0n) is 13.0. The van der Waals surface area contributed by atoms with Gasteiger partial charge in [0, 0.05) is 31.4 Å². The molecule has 0 aromatic carbocycles. The van der Waals surface area contributed by atoms with E-state index in [4.69, 9.17) is 4.74 Å². The van der Waals surface area contributed by atoms with Crippen LogP contribution in [0.3, 0.4) is 0 Å². The lowest BCUT2D eigenvalue weighted by Gasteiger charge is -2.41. The third-order valence-corrected chi connectivity index (χ3v) is 4.49. The number of aliphatic hydroxyl groups is 1. The van der Waals surface area contributed by atoms with Crippen molar-refractivity contribution in [2.24, 2.45) is 0 Å². The summed E-state index contributed by atoms with van der Waals surface area (Å²) in [5, 5.41) is 10.0. The van der Waals surface area contributed by atoms with E-state index >= 15 is 0 Å². The molecule has 116 valence electrons. The summed E-state index contributed by atoms with van der Waals surface area (Å²) < 4.78 is 6.21. The van der Waals surface area contributed by atoms with Crippen LogP contribution in [-0.2, 0) is 4.74 Å². The first-order valence-electron chi connectivity index (χ1n) is 7.79. The highest BCUT2D eigenvalue weighted by atomic mass is 16.5. The quantitative estimate of drug-likeness (QED) is 0.916. The van der Waals surface area contributed by atoms with Gasteiger partial charge in [0.15, 0.2) is 0 Å². The van der Waals surface area contributed by atoms with Crippen LogP contribution in [-0.4, -0.2) is 57.4 Å². The molecule has 3 heterocycles. The van der Waals surface area contributed by atoms with Crippen molar-refractivity contribution in [2.45, 2.75) is 50.2 Å². The molecule has 1 aromatic heterocycles. The second-order valence-corrected chi connectivity index (χ2v) is 7.19. The molecule has 2 atom stereocenters. The number of nitrogens with zero attached hydrogens (tertiary/aromatic N) is 3. The molecule has 0 amide bonds. The maximum absolute atomic E-state index is 10.0. The zero-order chi connectivity index (χ0) is 14.9. The Bertz CT molecular complexity index is 474. The van der Waals surface area contributed by atoms with Gasteiger partial charge in [0.05, 0.1) is 17.8 Å². The molecule has 3 rings (SSSR count). The maximum Gasteiger partial charge on any atom is 0.115 e. The number of hydrogen-bond acceptors (Lipinski definition) is 5. The largest absolute Gasteiger partial charge is 0.389 e. The first kappa shape index (κ1) is 14.9. The fourth-order valence-corrected chi connectivity index (χ4v) is 3.74. The Labute approximate surface area is 126 Å². The van der Waals surface area contributed by atoms with Crippen LogP contribution in [0.15, 0.2) is 18.7 Å². The van der Waals surface area contributed by atoms with Gasteiger partial charge in [-0.1, -0.05) is 0 Å². The van der Waals surface area contributed by atoms with E-state index in [1.807, 2.05) is 26.2 Å². The Morgan fingerprint density at radius 1 is 1.43 bits per heavy atom. The minimum atomic E-state index is -0.649. The molecule has 2 saturated heterocycles. The normalized spacial score (nSPS) is 30.9. The maximum atomic E-state index is 10.0. The highest BCUT2D eigenvalue weighted by Gasteiger charge is 2.44. The zero-order valence-corrected chi connectivity index (χ0v) is 13.0. The summed E-state index contributed by atoms with van der Waals surface area (Å²) in [6.07, 6.45) is 8.64. The molecule has 21 heavy (non-hydrogen) atoms. The van der Waals surface area contributed by atoms with Crippen molar-refractivity contribution in [3.63, 3.8) is 0 Å². The predicted molar refractivity (Wildman–Crippen MR) is 80.0 cm³/mol. The molecular weight excluding hydrogens is 266 g/mol. The van der Waals surface area contributed by atoms with Crippen molar-refractivity contribution >= 4 is 0 Å². The van der Waals surface area contributed by atoms with Gasteiger partial charge in [-0.3, -0.25) is 4.90 Å². The number of piperidine rings is 1. The molecule has 2 aliphatic rings. The van der Waals surface area contributed by atoms with Crippen molar-refractivity contribution in [3.8, 4) is 0 Å². The number of hydrogen-bond donors (Lipinski definition) is 1. The third-order valence-electron chi connectivity index (χ3n) is 4.49. The van der Waals surface area contributed by atoms with Gasteiger partial charge < -0.3 is 9.84 Å². The number of ether oxygens (including phenoxy) is 1. The van der Waals surface area contributed by atoms with Crippen LogP contribution >= 0.6 is 0 Å². The number of aromatic nitrogens is 2. The van der Waals surface area contributed by atoms with Gasteiger partial charge in [-0.25, -0.2) is 9.97 Å². The van der Waals surface area contributed by atoms with Crippen LogP contribution in [0.5, 0.6) is 0 Å².